The quantitative estimate of drug-likeness (QED) is 0.668. The number of aryl methyl sites for hydroxylation is 1. The highest BCUT2D eigenvalue weighted by atomic mass is 16.4. The molecule has 1 heterocycles. The number of carboxylic acids is 1. The van der Waals surface area contributed by atoms with E-state index in [2.05, 4.69) is 10.3 Å². The molecule has 0 radical (unpaired) electrons. The van der Waals surface area contributed by atoms with Crippen molar-refractivity contribution in [1.29, 1.82) is 0 Å². The van der Waals surface area contributed by atoms with Crippen molar-refractivity contribution in [2.75, 3.05) is 6.61 Å². The molecule has 1 atom stereocenters. The van der Waals surface area contributed by atoms with Crippen LogP contribution in [-0.4, -0.2) is 39.7 Å². The maximum absolute atomic E-state index is 11.7. The van der Waals surface area contributed by atoms with E-state index in [1.54, 1.807) is 19.1 Å². The molecule has 6 nitrogen and oxygen atoms in total. The first kappa shape index (κ1) is 13.1. The molecule has 0 aliphatic carbocycles. The van der Waals surface area contributed by atoms with Crippen molar-refractivity contribution in [3.8, 4) is 0 Å². The number of carboxylic acid groups (broad SMARTS) is 1. The highest BCUT2D eigenvalue weighted by molar-refractivity contribution is 5.94. The fraction of sp³-hybridized carbons (Fsp3) is 0.364. The number of pyridine rings is 1. The van der Waals surface area contributed by atoms with Gasteiger partial charge in [-0.3, -0.25) is 4.79 Å². The third-order valence-electron chi connectivity index (χ3n) is 2.14. The number of aromatic nitrogens is 1. The average molecular weight is 238 g/mol. The van der Waals surface area contributed by atoms with Crippen LogP contribution in [0, 0.1) is 6.92 Å². The Labute approximate surface area is 98.3 Å². The first-order valence-electron chi connectivity index (χ1n) is 5.12. The lowest BCUT2D eigenvalue weighted by molar-refractivity contribution is -0.139. The van der Waals surface area contributed by atoms with Crippen molar-refractivity contribution in [3.05, 3.63) is 29.6 Å². The number of aliphatic hydroxyl groups excluding tert-OH is 1. The summed E-state index contributed by atoms with van der Waals surface area (Å²) < 4.78 is 0. The fourth-order valence-electron chi connectivity index (χ4n) is 1.29. The molecule has 6 heteroatoms. The summed E-state index contributed by atoms with van der Waals surface area (Å²) in [5.41, 5.74) is 0.834. The molecule has 0 aliphatic rings. The zero-order chi connectivity index (χ0) is 12.8. The zero-order valence-corrected chi connectivity index (χ0v) is 9.38. The van der Waals surface area contributed by atoms with Crippen LogP contribution in [0.3, 0.4) is 0 Å². The van der Waals surface area contributed by atoms with Crippen molar-refractivity contribution in [2.24, 2.45) is 0 Å². The molecule has 1 rings (SSSR count). The van der Waals surface area contributed by atoms with E-state index in [-0.39, 0.29) is 18.7 Å². The molecule has 1 unspecified atom stereocenters. The van der Waals surface area contributed by atoms with Gasteiger partial charge in [0.25, 0.3) is 5.91 Å². The molecule has 0 aliphatic heterocycles. The molecule has 0 saturated heterocycles. The first-order valence-corrected chi connectivity index (χ1v) is 5.12. The van der Waals surface area contributed by atoms with Crippen LogP contribution in [0.5, 0.6) is 0 Å². The Balaban J connectivity index is 2.73. The molecule has 3 N–H and O–H groups in total. The Morgan fingerprint density at radius 1 is 1.47 bits per heavy atom. The maximum atomic E-state index is 11.7. The summed E-state index contributed by atoms with van der Waals surface area (Å²) in [7, 11) is 0. The number of rotatable bonds is 5. The number of aliphatic carboxylic acids is 1. The van der Waals surface area contributed by atoms with Crippen molar-refractivity contribution < 1.29 is 19.8 Å². The van der Waals surface area contributed by atoms with Gasteiger partial charge in [0.1, 0.15) is 11.7 Å². The van der Waals surface area contributed by atoms with E-state index < -0.39 is 17.9 Å². The van der Waals surface area contributed by atoms with Crippen molar-refractivity contribution in [2.45, 2.75) is 19.4 Å². The summed E-state index contributed by atoms with van der Waals surface area (Å²) in [6.45, 7) is 1.43. The Hall–Kier alpha value is -1.95. The Morgan fingerprint density at radius 2 is 2.18 bits per heavy atom. The predicted octanol–water partition coefficient (Wildman–Crippen LogP) is -0.0446. The van der Waals surface area contributed by atoms with Crippen LogP contribution < -0.4 is 5.32 Å². The third kappa shape index (κ3) is 3.84. The van der Waals surface area contributed by atoms with Crippen LogP contribution in [-0.2, 0) is 4.79 Å². The van der Waals surface area contributed by atoms with Gasteiger partial charge in [0.15, 0.2) is 0 Å². The van der Waals surface area contributed by atoms with Crippen molar-refractivity contribution in [1.82, 2.24) is 10.3 Å². The van der Waals surface area contributed by atoms with E-state index in [1.807, 2.05) is 0 Å². The van der Waals surface area contributed by atoms with E-state index in [0.29, 0.717) is 5.69 Å². The van der Waals surface area contributed by atoms with Crippen LogP contribution in [0.25, 0.3) is 0 Å². The molecule has 1 amide bonds. The van der Waals surface area contributed by atoms with Gasteiger partial charge in [-0.1, -0.05) is 6.07 Å². The van der Waals surface area contributed by atoms with Crippen LogP contribution in [0.1, 0.15) is 22.6 Å². The van der Waals surface area contributed by atoms with Gasteiger partial charge in [-0.15, -0.1) is 0 Å². The van der Waals surface area contributed by atoms with Gasteiger partial charge in [-0.2, -0.15) is 0 Å². The monoisotopic (exact) mass is 238 g/mol. The first-order chi connectivity index (χ1) is 8.04. The third-order valence-corrected chi connectivity index (χ3v) is 2.14. The summed E-state index contributed by atoms with van der Waals surface area (Å²) in [5, 5.41) is 19.8. The van der Waals surface area contributed by atoms with E-state index in [4.69, 9.17) is 10.2 Å². The van der Waals surface area contributed by atoms with Crippen molar-refractivity contribution >= 4 is 11.9 Å². The van der Waals surface area contributed by atoms with Crippen molar-refractivity contribution in [3.63, 3.8) is 0 Å². The number of aliphatic hydroxyl groups is 1. The number of carbonyl (C=O) groups is 2. The van der Waals surface area contributed by atoms with E-state index >= 15 is 0 Å². The Kier molecular flexibility index (Phi) is 4.59. The van der Waals surface area contributed by atoms with Crippen LogP contribution in [0.4, 0.5) is 0 Å². The lowest BCUT2D eigenvalue weighted by atomic mass is 10.2. The van der Waals surface area contributed by atoms with Gasteiger partial charge < -0.3 is 15.5 Å². The number of carbonyl (C=O) groups excluding carboxylic acids is 1. The second-order valence-corrected chi connectivity index (χ2v) is 3.54. The second kappa shape index (κ2) is 5.95. The van der Waals surface area contributed by atoms with Gasteiger partial charge in [-0.25, -0.2) is 9.78 Å². The molecule has 0 saturated carbocycles. The molecule has 0 aromatic carbocycles. The minimum Gasteiger partial charge on any atom is -0.480 e. The standard InChI is InChI=1S/C11H14N2O4/c1-7-3-2-4-8(12-7)10(15)13-9(5-6-14)11(16)17/h2-4,9,14H,5-6H2,1H3,(H,13,15)(H,16,17). The molecule has 17 heavy (non-hydrogen) atoms. The summed E-state index contributed by atoms with van der Waals surface area (Å²) in [5.74, 6) is -1.74. The minimum atomic E-state index is -1.18. The van der Waals surface area contributed by atoms with Crippen LogP contribution in [0.2, 0.25) is 0 Å². The van der Waals surface area contributed by atoms with E-state index in [0.717, 1.165) is 0 Å². The number of amides is 1. The molecular weight excluding hydrogens is 224 g/mol. The number of nitrogens with zero attached hydrogens (tertiary/aromatic N) is 1. The Morgan fingerprint density at radius 3 is 2.71 bits per heavy atom. The number of hydrogen-bond donors (Lipinski definition) is 3. The predicted molar refractivity (Wildman–Crippen MR) is 59.6 cm³/mol. The smallest absolute Gasteiger partial charge is 0.326 e. The second-order valence-electron chi connectivity index (χ2n) is 3.54. The van der Waals surface area contributed by atoms with Gasteiger partial charge >= 0.3 is 5.97 Å². The van der Waals surface area contributed by atoms with Gasteiger partial charge in [-0.05, 0) is 19.1 Å². The lowest BCUT2D eigenvalue weighted by Gasteiger charge is -2.12. The van der Waals surface area contributed by atoms with Crippen LogP contribution >= 0.6 is 0 Å². The van der Waals surface area contributed by atoms with Gasteiger partial charge in [0.05, 0.1) is 0 Å². The Bertz CT molecular complexity index is 420. The maximum Gasteiger partial charge on any atom is 0.326 e. The zero-order valence-electron chi connectivity index (χ0n) is 9.38. The average Bonchev–Trinajstić information content (AvgIpc) is 2.28. The molecule has 1 aromatic heterocycles. The summed E-state index contributed by atoms with van der Waals surface area (Å²) >= 11 is 0. The molecular formula is C11H14N2O4. The minimum absolute atomic E-state index is 0.0348. The highest BCUT2D eigenvalue weighted by Gasteiger charge is 2.20. The van der Waals surface area contributed by atoms with E-state index in [1.165, 1.54) is 6.07 Å². The molecule has 0 fully saturated rings. The van der Waals surface area contributed by atoms with Crippen LogP contribution in [0.15, 0.2) is 18.2 Å². The van der Waals surface area contributed by atoms with Gasteiger partial charge in [0, 0.05) is 18.7 Å². The topological polar surface area (TPSA) is 99.5 Å². The SMILES string of the molecule is Cc1cccc(C(=O)NC(CCO)C(=O)O)n1. The summed E-state index contributed by atoms with van der Waals surface area (Å²) in [6, 6.07) is 3.80. The largest absolute Gasteiger partial charge is 0.480 e. The number of hydrogen-bond acceptors (Lipinski definition) is 4. The lowest BCUT2D eigenvalue weighted by Crippen LogP contribution is -2.41. The highest BCUT2D eigenvalue weighted by Crippen LogP contribution is 2.00. The normalized spacial score (nSPS) is 11.9. The summed E-state index contributed by atoms with van der Waals surface area (Å²) in [4.78, 5) is 26.4. The fourth-order valence-corrected chi connectivity index (χ4v) is 1.29. The number of nitrogens with one attached hydrogen (secondary N) is 1. The molecule has 0 bridgehead atoms. The molecule has 1 aromatic rings. The summed E-state index contributed by atoms with van der Waals surface area (Å²) in [6.07, 6.45) is -0.0348. The molecule has 92 valence electrons. The van der Waals surface area contributed by atoms with E-state index in [9.17, 15) is 9.59 Å². The van der Waals surface area contributed by atoms with Gasteiger partial charge in [0.2, 0.25) is 0 Å². The molecule has 0 spiro atoms.